The van der Waals surface area contributed by atoms with Crippen molar-refractivity contribution in [3.63, 3.8) is 0 Å². The fourth-order valence-corrected chi connectivity index (χ4v) is 3.35. The Bertz CT molecular complexity index is 703. The maximum atomic E-state index is 5.04. The highest BCUT2D eigenvalue weighted by Gasteiger charge is 2.29. The summed E-state index contributed by atoms with van der Waals surface area (Å²) in [5.74, 6) is 0.831. The van der Waals surface area contributed by atoms with E-state index in [-0.39, 0.29) is 0 Å². The second-order valence-corrected chi connectivity index (χ2v) is 6.77. The molecular formula is C18H26N6O. The van der Waals surface area contributed by atoms with Crippen LogP contribution in [-0.4, -0.2) is 57.5 Å². The van der Waals surface area contributed by atoms with Crippen molar-refractivity contribution in [2.45, 2.75) is 38.9 Å². The molecule has 2 aromatic rings. The average Bonchev–Trinajstić information content (AvgIpc) is 3.05. The monoisotopic (exact) mass is 342 g/mol. The van der Waals surface area contributed by atoms with Gasteiger partial charge in [-0.3, -0.25) is 4.90 Å². The Balaban J connectivity index is 1.82. The molecule has 1 saturated heterocycles. The summed E-state index contributed by atoms with van der Waals surface area (Å²) in [7, 11) is 5.73. The van der Waals surface area contributed by atoms with E-state index in [9.17, 15) is 0 Å². The molecule has 0 N–H and O–H groups in total. The van der Waals surface area contributed by atoms with Crippen LogP contribution < -0.4 is 4.74 Å². The van der Waals surface area contributed by atoms with Crippen LogP contribution in [0.1, 0.15) is 41.5 Å². The lowest BCUT2D eigenvalue weighted by molar-refractivity contribution is 0.240. The lowest BCUT2D eigenvalue weighted by atomic mass is 10.1. The Morgan fingerprint density at radius 1 is 1.20 bits per heavy atom. The molecule has 0 aromatic carbocycles. The zero-order chi connectivity index (χ0) is 17.8. The van der Waals surface area contributed by atoms with E-state index in [4.69, 9.17) is 9.72 Å². The number of aromatic nitrogens is 4. The lowest BCUT2D eigenvalue weighted by Gasteiger charge is -2.26. The molecule has 0 bridgehead atoms. The van der Waals surface area contributed by atoms with Crippen LogP contribution in [0.25, 0.3) is 0 Å². The van der Waals surface area contributed by atoms with Crippen LogP contribution in [0.3, 0.4) is 0 Å². The van der Waals surface area contributed by atoms with E-state index >= 15 is 0 Å². The van der Waals surface area contributed by atoms with Gasteiger partial charge in [0.15, 0.2) is 0 Å². The van der Waals surface area contributed by atoms with Gasteiger partial charge in [0.25, 0.3) is 0 Å². The van der Waals surface area contributed by atoms with Gasteiger partial charge in [-0.05, 0) is 40.4 Å². The highest BCUT2D eigenvalue weighted by Crippen LogP contribution is 2.34. The average molecular weight is 342 g/mol. The normalized spacial score (nSPS) is 18.0. The van der Waals surface area contributed by atoms with Gasteiger partial charge >= 0.3 is 6.01 Å². The van der Waals surface area contributed by atoms with Crippen molar-refractivity contribution < 1.29 is 4.74 Å². The molecule has 3 heterocycles. The van der Waals surface area contributed by atoms with Crippen LogP contribution in [0.5, 0.6) is 6.01 Å². The summed E-state index contributed by atoms with van der Waals surface area (Å²) >= 11 is 0. The van der Waals surface area contributed by atoms with Crippen LogP contribution >= 0.6 is 0 Å². The number of rotatable bonds is 6. The Morgan fingerprint density at radius 2 is 1.96 bits per heavy atom. The van der Waals surface area contributed by atoms with Crippen molar-refractivity contribution in [2.75, 3.05) is 27.7 Å². The maximum Gasteiger partial charge on any atom is 0.316 e. The molecule has 0 saturated carbocycles. The van der Waals surface area contributed by atoms with Gasteiger partial charge in [-0.2, -0.15) is 0 Å². The molecule has 0 radical (unpaired) electrons. The first kappa shape index (κ1) is 17.7. The molecule has 0 amide bonds. The van der Waals surface area contributed by atoms with E-state index < -0.39 is 0 Å². The highest BCUT2D eigenvalue weighted by molar-refractivity contribution is 5.23. The quantitative estimate of drug-likeness (QED) is 0.795. The highest BCUT2D eigenvalue weighted by atomic mass is 16.5. The number of ether oxygens (including phenoxy) is 1. The standard InChI is InChI=1S/C18H26N6O/c1-13-19-10-15(12-23(2)3)17(22-13)16-6-5-7-24(16)11-14-8-20-18(25-4)21-9-14/h8-10,16H,5-7,11-12H2,1-4H3/t16-/m1/s1. The van der Waals surface area contributed by atoms with E-state index in [1.54, 1.807) is 7.11 Å². The van der Waals surface area contributed by atoms with Crippen LogP contribution in [0, 0.1) is 6.92 Å². The van der Waals surface area contributed by atoms with Gasteiger partial charge in [0.05, 0.1) is 18.8 Å². The second-order valence-electron chi connectivity index (χ2n) is 6.77. The van der Waals surface area contributed by atoms with Crippen LogP contribution in [0.4, 0.5) is 0 Å². The van der Waals surface area contributed by atoms with Crippen molar-refractivity contribution in [2.24, 2.45) is 0 Å². The third kappa shape index (κ3) is 4.29. The van der Waals surface area contributed by atoms with E-state index in [2.05, 4.69) is 38.8 Å². The summed E-state index contributed by atoms with van der Waals surface area (Å²) < 4.78 is 5.04. The predicted molar refractivity (Wildman–Crippen MR) is 95.1 cm³/mol. The molecular weight excluding hydrogens is 316 g/mol. The molecule has 3 rings (SSSR count). The summed E-state index contributed by atoms with van der Waals surface area (Å²) in [5.41, 5.74) is 3.46. The smallest absolute Gasteiger partial charge is 0.316 e. The van der Waals surface area contributed by atoms with Crippen LogP contribution in [0.2, 0.25) is 0 Å². The van der Waals surface area contributed by atoms with Gasteiger partial charge in [-0.25, -0.2) is 19.9 Å². The Kier molecular flexibility index (Phi) is 5.55. The molecule has 2 aromatic heterocycles. The molecule has 25 heavy (non-hydrogen) atoms. The summed E-state index contributed by atoms with van der Waals surface area (Å²) in [4.78, 5) is 22.3. The van der Waals surface area contributed by atoms with Gasteiger partial charge in [-0.1, -0.05) is 0 Å². The molecule has 1 atom stereocenters. The molecule has 0 aliphatic carbocycles. The number of nitrogens with zero attached hydrogens (tertiary/aromatic N) is 6. The van der Waals surface area contributed by atoms with Gasteiger partial charge in [0.2, 0.25) is 0 Å². The lowest BCUT2D eigenvalue weighted by Crippen LogP contribution is -2.26. The fourth-order valence-electron chi connectivity index (χ4n) is 3.35. The van der Waals surface area contributed by atoms with Crippen molar-refractivity contribution >= 4 is 0 Å². The number of hydrogen-bond acceptors (Lipinski definition) is 7. The summed E-state index contributed by atoms with van der Waals surface area (Å²) in [6.07, 6.45) is 7.95. The van der Waals surface area contributed by atoms with Gasteiger partial charge < -0.3 is 9.64 Å². The largest absolute Gasteiger partial charge is 0.467 e. The Labute approximate surface area is 149 Å². The first-order valence-electron chi connectivity index (χ1n) is 8.63. The third-order valence-electron chi connectivity index (χ3n) is 4.43. The fraction of sp³-hybridized carbons (Fsp3) is 0.556. The molecule has 1 aliphatic heterocycles. The van der Waals surface area contributed by atoms with Crippen LogP contribution in [0.15, 0.2) is 18.6 Å². The van der Waals surface area contributed by atoms with Crippen LogP contribution in [-0.2, 0) is 13.1 Å². The minimum absolute atomic E-state index is 0.318. The van der Waals surface area contributed by atoms with E-state index in [0.29, 0.717) is 12.1 Å². The maximum absolute atomic E-state index is 5.04. The number of methoxy groups -OCH3 is 1. The van der Waals surface area contributed by atoms with Crippen molar-refractivity contribution in [3.05, 3.63) is 41.2 Å². The molecule has 7 nitrogen and oxygen atoms in total. The number of hydrogen-bond donors (Lipinski definition) is 0. The summed E-state index contributed by atoms with van der Waals surface area (Å²) in [6, 6.07) is 0.722. The van der Waals surface area contributed by atoms with E-state index in [1.165, 1.54) is 12.0 Å². The molecule has 7 heteroatoms. The zero-order valence-electron chi connectivity index (χ0n) is 15.4. The topological polar surface area (TPSA) is 67.3 Å². The third-order valence-corrected chi connectivity index (χ3v) is 4.43. The molecule has 134 valence electrons. The van der Waals surface area contributed by atoms with Gasteiger partial charge in [-0.15, -0.1) is 0 Å². The Hall–Kier alpha value is -2.12. The molecule has 1 fully saturated rings. The van der Waals surface area contributed by atoms with Crippen molar-refractivity contribution in [1.29, 1.82) is 0 Å². The Morgan fingerprint density at radius 3 is 2.64 bits per heavy atom. The summed E-state index contributed by atoms with van der Waals surface area (Å²) in [6.45, 7) is 4.69. The number of aryl methyl sites for hydroxylation is 1. The SMILES string of the molecule is COc1ncc(CN2CCC[C@@H]2c2nc(C)ncc2CN(C)C)cn1. The minimum Gasteiger partial charge on any atom is -0.467 e. The van der Waals surface area contributed by atoms with E-state index in [1.807, 2.05) is 25.5 Å². The number of likely N-dealkylation sites (tertiary alicyclic amines) is 1. The summed E-state index contributed by atoms with van der Waals surface area (Å²) in [5, 5.41) is 0. The first-order valence-corrected chi connectivity index (χ1v) is 8.63. The molecule has 0 unspecified atom stereocenters. The minimum atomic E-state index is 0.318. The van der Waals surface area contributed by atoms with Gasteiger partial charge in [0.1, 0.15) is 5.82 Å². The van der Waals surface area contributed by atoms with Crippen molar-refractivity contribution in [1.82, 2.24) is 29.7 Å². The molecule has 0 spiro atoms. The van der Waals surface area contributed by atoms with Gasteiger partial charge in [0, 0.05) is 42.8 Å². The predicted octanol–water partition coefficient (Wildman–Crippen LogP) is 1.98. The zero-order valence-corrected chi connectivity index (χ0v) is 15.4. The first-order chi connectivity index (χ1) is 12.1. The van der Waals surface area contributed by atoms with Crippen molar-refractivity contribution in [3.8, 4) is 6.01 Å². The van der Waals surface area contributed by atoms with E-state index in [0.717, 1.165) is 43.1 Å². The second kappa shape index (κ2) is 7.84. The molecule has 1 aliphatic rings.